The van der Waals surface area contributed by atoms with Crippen molar-refractivity contribution in [2.75, 3.05) is 6.26 Å². The Kier molecular flexibility index (Phi) is 4.21. The number of hydrogen-bond donors (Lipinski definition) is 1. The van der Waals surface area contributed by atoms with Crippen LogP contribution in [0.1, 0.15) is 17.2 Å². The highest BCUT2D eigenvalue weighted by Gasteiger charge is 2.49. The monoisotopic (exact) mass is 382 g/mol. The van der Waals surface area contributed by atoms with Crippen LogP contribution in [-0.4, -0.2) is 20.6 Å². The fourth-order valence-corrected chi connectivity index (χ4v) is 3.89. The maximum atomic E-state index is 14.1. The van der Waals surface area contributed by atoms with Crippen LogP contribution in [0.3, 0.4) is 0 Å². The van der Waals surface area contributed by atoms with Crippen molar-refractivity contribution in [1.82, 2.24) is 0 Å². The summed E-state index contributed by atoms with van der Waals surface area (Å²) < 4.78 is 71.1. The molecule has 0 aromatic heterocycles. The van der Waals surface area contributed by atoms with Crippen molar-refractivity contribution in [3.05, 3.63) is 58.7 Å². The summed E-state index contributed by atoms with van der Waals surface area (Å²) in [5.74, 6) is -4.18. The molecule has 2 N–H and O–H groups in total. The summed E-state index contributed by atoms with van der Waals surface area (Å²) in [5.41, 5.74) is 5.32. The van der Waals surface area contributed by atoms with Crippen molar-refractivity contribution in [1.29, 1.82) is 0 Å². The summed E-state index contributed by atoms with van der Waals surface area (Å²) in [6.45, 7) is 6.94. The van der Waals surface area contributed by atoms with Gasteiger partial charge in [0.25, 0.3) is 5.92 Å². The second-order valence-electron chi connectivity index (χ2n) is 6.00. The van der Waals surface area contributed by atoms with Crippen LogP contribution in [0.25, 0.3) is 4.85 Å². The first kappa shape index (κ1) is 18.2. The maximum absolute atomic E-state index is 14.1. The SMILES string of the molecule is [C-]#[N+]c1cc(F)cc(Oc2ccc(S(C)(=O)=O)c3c2CC(F)(F)C3N)c1. The number of ether oxygens (including phenoxy) is 1. The highest BCUT2D eigenvalue weighted by atomic mass is 32.2. The zero-order valence-corrected chi connectivity index (χ0v) is 14.3. The van der Waals surface area contributed by atoms with Crippen molar-refractivity contribution in [2.24, 2.45) is 5.73 Å². The van der Waals surface area contributed by atoms with Crippen molar-refractivity contribution in [2.45, 2.75) is 23.3 Å². The first-order valence-corrected chi connectivity index (χ1v) is 9.27. The molecule has 5 nitrogen and oxygen atoms in total. The highest BCUT2D eigenvalue weighted by molar-refractivity contribution is 7.90. The van der Waals surface area contributed by atoms with E-state index in [9.17, 15) is 21.6 Å². The first-order chi connectivity index (χ1) is 12.0. The molecule has 0 heterocycles. The molecule has 0 fully saturated rings. The standard InChI is InChI=1S/C17H13F3N2O3S/c1-22-10-5-9(18)6-11(7-10)25-13-3-4-14(26(2,23)24)15-12(13)8-17(19,20)16(15)21/h3-7,16H,8,21H2,2H3. The van der Waals surface area contributed by atoms with Gasteiger partial charge in [-0.2, -0.15) is 0 Å². The van der Waals surface area contributed by atoms with E-state index < -0.39 is 34.0 Å². The average molecular weight is 382 g/mol. The third-order valence-electron chi connectivity index (χ3n) is 4.07. The molecule has 0 bridgehead atoms. The molecule has 2 aromatic rings. The topological polar surface area (TPSA) is 73.8 Å². The van der Waals surface area contributed by atoms with Crippen molar-refractivity contribution in [3.63, 3.8) is 0 Å². The maximum Gasteiger partial charge on any atom is 0.271 e. The van der Waals surface area contributed by atoms with Gasteiger partial charge in [0.2, 0.25) is 0 Å². The van der Waals surface area contributed by atoms with Gasteiger partial charge in [0.1, 0.15) is 17.3 Å². The fraction of sp³-hybridized carbons (Fsp3) is 0.235. The Morgan fingerprint density at radius 1 is 1.31 bits per heavy atom. The molecule has 1 unspecified atom stereocenters. The highest BCUT2D eigenvalue weighted by Crippen LogP contribution is 2.48. The molecule has 3 rings (SSSR count). The molecule has 136 valence electrons. The molecule has 9 heteroatoms. The van der Waals surface area contributed by atoms with Gasteiger partial charge in [0.15, 0.2) is 15.5 Å². The second-order valence-corrected chi connectivity index (χ2v) is 7.98. The van der Waals surface area contributed by atoms with Crippen molar-refractivity contribution in [3.8, 4) is 11.5 Å². The molecule has 0 aliphatic heterocycles. The van der Waals surface area contributed by atoms with Crippen molar-refractivity contribution >= 4 is 15.5 Å². The van der Waals surface area contributed by atoms with E-state index in [1.165, 1.54) is 12.1 Å². The third-order valence-corrected chi connectivity index (χ3v) is 5.22. The predicted octanol–water partition coefficient (Wildman–Crippen LogP) is 3.76. The zero-order chi connectivity index (χ0) is 19.3. The van der Waals surface area contributed by atoms with Crippen LogP contribution in [0, 0.1) is 12.4 Å². The molecule has 0 spiro atoms. The minimum absolute atomic E-state index is 0.0218. The van der Waals surface area contributed by atoms with Gasteiger partial charge in [-0.25, -0.2) is 26.4 Å². The average Bonchev–Trinajstić information content (AvgIpc) is 2.77. The van der Waals surface area contributed by atoms with E-state index >= 15 is 0 Å². The number of halogens is 3. The lowest BCUT2D eigenvalue weighted by molar-refractivity contribution is -0.0141. The summed E-state index contributed by atoms with van der Waals surface area (Å²) in [4.78, 5) is 2.81. The molecular weight excluding hydrogens is 369 g/mol. The lowest BCUT2D eigenvalue weighted by Gasteiger charge is -2.16. The van der Waals surface area contributed by atoms with Crippen molar-refractivity contribution < 1.29 is 26.3 Å². The quantitative estimate of drug-likeness (QED) is 0.821. The molecule has 0 saturated carbocycles. The van der Waals surface area contributed by atoms with E-state index in [0.717, 1.165) is 24.5 Å². The Balaban J connectivity index is 2.15. The van der Waals surface area contributed by atoms with Gasteiger partial charge in [-0.3, -0.25) is 0 Å². The molecule has 2 aromatic carbocycles. The minimum atomic E-state index is -3.79. The smallest absolute Gasteiger partial charge is 0.271 e. The number of fused-ring (bicyclic) bond motifs is 1. The number of hydrogen-bond acceptors (Lipinski definition) is 4. The largest absolute Gasteiger partial charge is 0.458 e. The van der Waals surface area contributed by atoms with Gasteiger partial charge in [0, 0.05) is 29.9 Å². The number of nitrogens with two attached hydrogens (primary N) is 1. The fourth-order valence-electron chi connectivity index (χ4n) is 2.92. The van der Waals surface area contributed by atoms with Crippen LogP contribution in [0.4, 0.5) is 18.9 Å². The van der Waals surface area contributed by atoms with E-state index in [4.69, 9.17) is 17.0 Å². The third kappa shape index (κ3) is 3.13. The van der Waals surface area contributed by atoms with E-state index in [0.29, 0.717) is 0 Å². The normalized spacial score (nSPS) is 18.2. The first-order valence-electron chi connectivity index (χ1n) is 7.38. The van der Waals surface area contributed by atoms with E-state index in [-0.39, 0.29) is 33.2 Å². The Bertz CT molecular complexity index is 1050. The van der Waals surface area contributed by atoms with Crippen LogP contribution >= 0.6 is 0 Å². The van der Waals surface area contributed by atoms with Gasteiger partial charge >= 0.3 is 0 Å². The Morgan fingerprint density at radius 3 is 2.62 bits per heavy atom. The zero-order valence-electron chi connectivity index (χ0n) is 13.5. The summed E-state index contributed by atoms with van der Waals surface area (Å²) in [6.07, 6.45) is 0.105. The minimum Gasteiger partial charge on any atom is -0.458 e. The Labute approximate surface area is 147 Å². The van der Waals surface area contributed by atoms with E-state index in [1.54, 1.807) is 0 Å². The van der Waals surface area contributed by atoms with Crippen LogP contribution in [0.2, 0.25) is 0 Å². The molecule has 0 saturated heterocycles. The Morgan fingerprint density at radius 2 is 2.00 bits per heavy atom. The van der Waals surface area contributed by atoms with Gasteiger partial charge in [-0.1, -0.05) is 0 Å². The predicted molar refractivity (Wildman–Crippen MR) is 87.9 cm³/mol. The van der Waals surface area contributed by atoms with Crippen LogP contribution in [-0.2, 0) is 16.3 Å². The summed E-state index contributed by atoms with van der Waals surface area (Å²) in [5, 5.41) is 0. The van der Waals surface area contributed by atoms with Gasteiger partial charge in [-0.15, -0.1) is 0 Å². The van der Waals surface area contributed by atoms with E-state index in [1.807, 2.05) is 0 Å². The second kappa shape index (κ2) is 6.00. The van der Waals surface area contributed by atoms with E-state index in [2.05, 4.69) is 4.85 Å². The van der Waals surface area contributed by atoms with Gasteiger partial charge < -0.3 is 10.5 Å². The number of sulfone groups is 1. The van der Waals surface area contributed by atoms with Gasteiger partial charge in [-0.05, 0) is 24.3 Å². The molecule has 1 aliphatic carbocycles. The molecular formula is C17H13F3N2O3S. The lowest BCUT2D eigenvalue weighted by atomic mass is 10.1. The lowest BCUT2D eigenvalue weighted by Crippen LogP contribution is -2.29. The Hall–Kier alpha value is -2.57. The number of rotatable bonds is 3. The van der Waals surface area contributed by atoms with Crippen LogP contribution < -0.4 is 10.5 Å². The summed E-state index contributed by atoms with van der Waals surface area (Å²) >= 11 is 0. The summed E-state index contributed by atoms with van der Waals surface area (Å²) in [6, 6.07) is 3.82. The molecule has 1 atom stereocenters. The molecule has 0 amide bonds. The number of alkyl halides is 2. The number of benzene rings is 2. The summed E-state index contributed by atoms with van der Waals surface area (Å²) in [7, 11) is -3.79. The van der Waals surface area contributed by atoms with Crippen LogP contribution in [0.5, 0.6) is 11.5 Å². The number of nitrogens with zero attached hydrogens (tertiary/aromatic N) is 1. The molecule has 1 aliphatic rings. The molecule has 26 heavy (non-hydrogen) atoms. The van der Waals surface area contributed by atoms with Gasteiger partial charge in [0.05, 0.1) is 17.5 Å². The van der Waals surface area contributed by atoms with Crippen LogP contribution in [0.15, 0.2) is 35.2 Å². The molecule has 0 radical (unpaired) electrons.